The lowest BCUT2D eigenvalue weighted by molar-refractivity contribution is -0.137. The maximum atomic E-state index is 13.0. The van der Waals surface area contributed by atoms with Crippen LogP contribution in [0, 0.1) is 5.92 Å². The summed E-state index contributed by atoms with van der Waals surface area (Å²) in [4.78, 5) is 41.1. The van der Waals surface area contributed by atoms with E-state index in [2.05, 4.69) is 20.2 Å². The highest BCUT2D eigenvalue weighted by Gasteiger charge is 2.32. The SMILES string of the molecule is O=C(NCc1cccs1)N1CCCC(C(=O)N2CCN(c3ncccn3)CC2)C1. The Balaban J connectivity index is 1.27. The van der Waals surface area contributed by atoms with Crippen molar-refractivity contribution in [1.29, 1.82) is 0 Å². The van der Waals surface area contributed by atoms with Crippen molar-refractivity contribution in [3.05, 3.63) is 40.8 Å². The van der Waals surface area contributed by atoms with Gasteiger partial charge in [-0.3, -0.25) is 4.79 Å². The number of anilines is 1. The molecular formula is C20H26N6O2S. The number of hydrogen-bond acceptors (Lipinski definition) is 6. The molecule has 0 spiro atoms. The Hall–Kier alpha value is -2.68. The van der Waals surface area contributed by atoms with Gasteiger partial charge in [0.15, 0.2) is 0 Å². The largest absolute Gasteiger partial charge is 0.339 e. The van der Waals surface area contributed by atoms with Crippen LogP contribution < -0.4 is 10.2 Å². The zero-order valence-corrected chi connectivity index (χ0v) is 17.2. The van der Waals surface area contributed by atoms with Gasteiger partial charge in [0.05, 0.1) is 12.5 Å². The van der Waals surface area contributed by atoms with Crippen molar-refractivity contribution in [2.75, 3.05) is 44.2 Å². The molecule has 0 saturated carbocycles. The van der Waals surface area contributed by atoms with Crippen molar-refractivity contribution in [2.45, 2.75) is 19.4 Å². The molecule has 154 valence electrons. The number of amides is 3. The lowest BCUT2D eigenvalue weighted by atomic mass is 9.96. The Kier molecular flexibility index (Phi) is 6.24. The fourth-order valence-electron chi connectivity index (χ4n) is 3.89. The summed E-state index contributed by atoms with van der Waals surface area (Å²) in [6.45, 7) is 4.53. The first-order chi connectivity index (χ1) is 14.2. The number of carbonyl (C=O) groups excluding carboxylic acids is 2. The molecule has 1 N–H and O–H groups in total. The molecule has 2 aliphatic heterocycles. The monoisotopic (exact) mass is 414 g/mol. The molecule has 1 unspecified atom stereocenters. The average molecular weight is 415 g/mol. The van der Waals surface area contributed by atoms with Crippen LogP contribution in [0.5, 0.6) is 0 Å². The van der Waals surface area contributed by atoms with Crippen LogP contribution in [0.2, 0.25) is 0 Å². The molecule has 9 heteroatoms. The number of aromatic nitrogens is 2. The van der Waals surface area contributed by atoms with Crippen molar-refractivity contribution < 1.29 is 9.59 Å². The summed E-state index contributed by atoms with van der Waals surface area (Å²) in [5.74, 6) is 0.760. The standard InChI is InChI=1S/C20H26N6O2S/c27-18(24-9-11-25(12-10-24)19-21-6-3-7-22-19)16-4-1-8-26(15-16)20(28)23-14-17-5-2-13-29-17/h2-3,5-7,13,16H,1,4,8-12,14-15H2,(H,23,28). The first-order valence-electron chi connectivity index (χ1n) is 10.1. The third-order valence-corrected chi connectivity index (χ3v) is 6.35. The minimum atomic E-state index is -0.115. The van der Waals surface area contributed by atoms with E-state index in [0.29, 0.717) is 38.7 Å². The Morgan fingerprint density at radius 2 is 1.86 bits per heavy atom. The summed E-state index contributed by atoms with van der Waals surface area (Å²) >= 11 is 1.63. The minimum absolute atomic E-state index is 0.0815. The predicted molar refractivity (Wildman–Crippen MR) is 112 cm³/mol. The molecule has 0 bridgehead atoms. The number of rotatable bonds is 4. The van der Waals surface area contributed by atoms with Crippen LogP contribution in [0.3, 0.4) is 0 Å². The fraction of sp³-hybridized carbons (Fsp3) is 0.500. The summed E-state index contributed by atoms with van der Waals surface area (Å²) in [5, 5.41) is 4.97. The molecule has 0 aromatic carbocycles. The van der Waals surface area contributed by atoms with Gasteiger partial charge < -0.3 is 20.0 Å². The van der Waals surface area contributed by atoms with Gasteiger partial charge >= 0.3 is 6.03 Å². The second-order valence-corrected chi connectivity index (χ2v) is 8.42. The molecule has 2 fully saturated rings. The summed E-state index contributed by atoms with van der Waals surface area (Å²) in [6, 6.07) is 5.70. The molecule has 1 atom stereocenters. The quantitative estimate of drug-likeness (QED) is 0.825. The number of nitrogens with one attached hydrogen (secondary N) is 1. The number of urea groups is 1. The molecule has 3 amide bonds. The lowest BCUT2D eigenvalue weighted by Crippen LogP contribution is -2.54. The second-order valence-electron chi connectivity index (χ2n) is 7.38. The zero-order chi connectivity index (χ0) is 20.1. The molecule has 0 radical (unpaired) electrons. The van der Waals surface area contributed by atoms with E-state index in [1.54, 1.807) is 34.7 Å². The molecule has 2 aromatic heterocycles. The Morgan fingerprint density at radius 3 is 2.59 bits per heavy atom. The molecule has 8 nitrogen and oxygen atoms in total. The van der Waals surface area contributed by atoms with Gasteiger partial charge in [-0.1, -0.05) is 6.07 Å². The van der Waals surface area contributed by atoms with Crippen LogP contribution in [0.4, 0.5) is 10.7 Å². The number of piperidine rings is 1. The number of thiophene rings is 1. The number of carbonyl (C=O) groups is 2. The second kappa shape index (κ2) is 9.21. The molecular weight excluding hydrogens is 388 g/mol. The highest BCUT2D eigenvalue weighted by molar-refractivity contribution is 7.09. The summed E-state index contributed by atoms with van der Waals surface area (Å²) in [5.41, 5.74) is 0. The normalized spacial score (nSPS) is 19.9. The predicted octanol–water partition coefficient (Wildman–Crippen LogP) is 1.81. The van der Waals surface area contributed by atoms with E-state index in [9.17, 15) is 9.59 Å². The molecule has 4 heterocycles. The number of nitrogens with zero attached hydrogens (tertiary/aromatic N) is 5. The van der Waals surface area contributed by atoms with Gasteiger partial charge in [0.25, 0.3) is 0 Å². The van der Waals surface area contributed by atoms with E-state index in [1.165, 1.54) is 0 Å². The van der Waals surface area contributed by atoms with Gasteiger partial charge in [-0.2, -0.15) is 0 Å². The third-order valence-electron chi connectivity index (χ3n) is 5.48. The zero-order valence-electron chi connectivity index (χ0n) is 16.4. The van der Waals surface area contributed by atoms with Crippen LogP contribution in [0.25, 0.3) is 0 Å². The van der Waals surface area contributed by atoms with Gasteiger partial charge in [-0.05, 0) is 30.4 Å². The first kappa shape index (κ1) is 19.6. The van der Waals surface area contributed by atoms with Crippen molar-refractivity contribution >= 4 is 29.2 Å². The van der Waals surface area contributed by atoms with Gasteiger partial charge in [-0.25, -0.2) is 14.8 Å². The van der Waals surface area contributed by atoms with E-state index >= 15 is 0 Å². The lowest BCUT2D eigenvalue weighted by Gasteiger charge is -2.39. The number of likely N-dealkylation sites (tertiary alicyclic amines) is 1. The minimum Gasteiger partial charge on any atom is -0.339 e. The van der Waals surface area contributed by atoms with E-state index in [-0.39, 0.29) is 17.9 Å². The smallest absolute Gasteiger partial charge is 0.317 e. The highest BCUT2D eigenvalue weighted by atomic mass is 32.1. The highest BCUT2D eigenvalue weighted by Crippen LogP contribution is 2.21. The van der Waals surface area contributed by atoms with Crippen molar-refractivity contribution in [2.24, 2.45) is 5.92 Å². The molecule has 2 saturated heterocycles. The van der Waals surface area contributed by atoms with E-state index < -0.39 is 0 Å². The van der Waals surface area contributed by atoms with E-state index in [4.69, 9.17) is 0 Å². The number of hydrogen-bond donors (Lipinski definition) is 1. The maximum Gasteiger partial charge on any atom is 0.317 e. The van der Waals surface area contributed by atoms with E-state index in [0.717, 1.165) is 30.8 Å². The van der Waals surface area contributed by atoms with Crippen LogP contribution in [-0.2, 0) is 11.3 Å². The van der Waals surface area contributed by atoms with Gasteiger partial charge in [0.1, 0.15) is 0 Å². The Bertz CT molecular complexity index is 808. The Labute approximate surface area is 174 Å². The summed E-state index contributed by atoms with van der Waals surface area (Å²) < 4.78 is 0. The summed E-state index contributed by atoms with van der Waals surface area (Å²) in [7, 11) is 0. The van der Waals surface area contributed by atoms with Crippen LogP contribution in [0.1, 0.15) is 17.7 Å². The van der Waals surface area contributed by atoms with Crippen LogP contribution in [0.15, 0.2) is 36.0 Å². The van der Waals surface area contributed by atoms with Gasteiger partial charge in [0.2, 0.25) is 11.9 Å². The molecule has 2 aliphatic rings. The Morgan fingerprint density at radius 1 is 1.07 bits per heavy atom. The van der Waals surface area contributed by atoms with Crippen LogP contribution in [-0.4, -0.2) is 71.0 Å². The van der Waals surface area contributed by atoms with Crippen LogP contribution >= 0.6 is 11.3 Å². The average Bonchev–Trinajstić information content (AvgIpc) is 3.31. The first-order valence-corrected chi connectivity index (χ1v) is 10.9. The van der Waals surface area contributed by atoms with Crippen molar-refractivity contribution in [1.82, 2.24) is 25.1 Å². The van der Waals surface area contributed by atoms with Gasteiger partial charge in [0, 0.05) is 56.5 Å². The maximum absolute atomic E-state index is 13.0. The molecule has 4 rings (SSSR count). The molecule has 29 heavy (non-hydrogen) atoms. The fourth-order valence-corrected chi connectivity index (χ4v) is 4.53. The third kappa shape index (κ3) is 4.84. The van der Waals surface area contributed by atoms with E-state index in [1.807, 2.05) is 22.4 Å². The van der Waals surface area contributed by atoms with Crippen molar-refractivity contribution in [3.8, 4) is 0 Å². The summed E-state index contributed by atoms with van der Waals surface area (Å²) in [6.07, 6.45) is 5.18. The molecule has 2 aromatic rings. The number of piperazine rings is 1. The van der Waals surface area contributed by atoms with Crippen molar-refractivity contribution in [3.63, 3.8) is 0 Å². The topological polar surface area (TPSA) is 81.7 Å². The molecule has 0 aliphatic carbocycles. The van der Waals surface area contributed by atoms with Gasteiger partial charge in [-0.15, -0.1) is 11.3 Å².